The fourth-order valence-electron chi connectivity index (χ4n) is 3.38. The van der Waals surface area contributed by atoms with E-state index in [9.17, 15) is 9.59 Å². The summed E-state index contributed by atoms with van der Waals surface area (Å²) in [7, 11) is 1.61. The van der Waals surface area contributed by atoms with Gasteiger partial charge in [-0.25, -0.2) is 4.99 Å². The van der Waals surface area contributed by atoms with E-state index in [0.717, 1.165) is 22.5 Å². The molecule has 1 fully saturated rings. The molecule has 184 valence electrons. The first-order valence-corrected chi connectivity index (χ1v) is 12.3. The summed E-state index contributed by atoms with van der Waals surface area (Å²) in [4.78, 5) is 32.1. The highest BCUT2D eigenvalue weighted by atomic mass is 32.2. The van der Waals surface area contributed by atoms with Gasteiger partial charge in [0.2, 0.25) is 0 Å². The molecule has 0 bridgehead atoms. The van der Waals surface area contributed by atoms with Crippen LogP contribution < -0.4 is 10.1 Å². The lowest BCUT2D eigenvalue weighted by Gasteiger charge is -2.14. The van der Waals surface area contributed by atoms with Gasteiger partial charge < -0.3 is 14.8 Å². The molecule has 0 aromatic heterocycles. The summed E-state index contributed by atoms with van der Waals surface area (Å²) in [6.45, 7) is 2.72. The normalized spacial score (nSPS) is 15.5. The van der Waals surface area contributed by atoms with Gasteiger partial charge in [-0.15, -0.1) is 0 Å². The summed E-state index contributed by atoms with van der Waals surface area (Å²) >= 11 is 1.33. The number of aryl methyl sites for hydroxylation is 1. The molecular weight excluding hydrogens is 474 g/mol. The number of amidine groups is 1. The summed E-state index contributed by atoms with van der Waals surface area (Å²) < 4.78 is 10.8. The number of hydrogen-bond acceptors (Lipinski definition) is 6. The Bertz CT molecular complexity index is 1260. The Balaban J connectivity index is 1.40. The van der Waals surface area contributed by atoms with Gasteiger partial charge in [0.15, 0.2) is 11.8 Å². The van der Waals surface area contributed by atoms with Crippen molar-refractivity contribution in [1.82, 2.24) is 4.90 Å². The molecule has 36 heavy (non-hydrogen) atoms. The van der Waals surface area contributed by atoms with E-state index in [0.29, 0.717) is 29.0 Å². The van der Waals surface area contributed by atoms with Crippen molar-refractivity contribution in [2.24, 2.45) is 4.99 Å². The van der Waals surface area contributed by atoms with E-state index in [1.54, 1.807) is 24.1 Å². The number of benzene rings is 3. The number of anilines is 1. The summed E-state index contributed by atoms with van der Waals surface area (Å²) in [5.41, 5.74) is 3.48. The maximum absolute atomic E-state index is 13.1. The van der Waals surface area contributed by atoms with Gasteiger partial charge in [-0.05, 0) is 66.7 Å². The van der Waals surface area contributed by atoms with Crippen molar-refractivity contribution < 1.29 is 19.1 Å². The predicted molar refractivity (Wildman–Crippen MR) is 144 cm³/mol. The number of para-hydroxylation sites is 1. The Morgan fingerprint density at radius 1 is 1.03 bits per heavy atom. The van der Waals surface area contributed by atoms with Crippen LogP contribution in [-0.2, 0) is 14.3 Å². The average molecular weight is 502 g/mol. The van der Waals surface area contributed by atoms with E-state index in [4.69, 9.17) is 9.47 Å². The van der Waals surface area contributed by atoms with Gasteiger partial charge in [-0.1, -0.05) is 48.0 Å². The summed E-state index contributed by atoms with van der Waals surface area (Å²) in [5.74, 6) is 0.217. The Morgan fingerprint density at radius 3 is 2.44 bits per heavy atom. The van der Waals surface area contributed by atoms with Gasteiger partial charge in [0.1, 0.15) is 5.75 Å². The van der Waals surface area contributed by atoms with Crippen LogP contribution in [0.4, 0.5) is 11.4 Å². The Labute approximate surface area is 214 Å². The van der Waals surface area contributed by atoms with E-state index < -0.39 is 0 Å². The third kappa shape index (κ3) is 6.84. The van der Waals surface area contributed by atoms with Crippen molar-refractivity contribution in [3.05, 3.63) is 94.9 Å². The van der Waals surface area contributed by atoms with Crippen LogP contribution >= 0.6 is 11.8 Å². The molecule has 0 spiro atoms. The first kappa shape index (κ1) is 25.2. The molecule has 3 aromatic rings. The molecule has 8 heteroatoms. The number of ether oxygens (including phenoxy) is 2. The lowest BCUT2D eigenvalue weighted by atomic mass is 10.2. The lowest BCUT2D eigenvalue weighted by Crippen LogP contribution is -2.32. The Morgan fingerprint density at radius 2 is 1.75 bits per heavy atom. The quantitative estimate of drug-likeness (QED) is 0.405. The molecule has 0 atom stereocenters. The minimum atomic E-state index is -0.237. The molecular formula is C28H27N3O4S. The summed E-state index contributed by atoms with van der Waals surface area (Å²) in [6.07, 6.45) is 1.83. The topological polar surface area (TPSA) is 80.2 Å². The van der Waals surface area contributed by atoms with Gasteiger partial charge >= 0.3 is 0 Å². The fraction of sp³-hybridized carbons (Fsp3) is 0.179. The van der Waals surface area contributed by atoms with E-state index >= 15 is 0 Å². The Hall–Kier alpha value is -3.88. The smallest absolute Gasteiger partial charge is 0.266 e. The van der Waals surface area contributed by atoms with E-state index in [1.807, 2.05) is 79.7 Å². The molecule has 0 aliphatic carbocycles. The highest BCUT2D eigenvalue weighted by molar-refractivity contribution is 8.18. The molecule has 1 heterocycles. The average Bonchev–Trinajstić information content (AvgIpc) is 3.17. The number of amides is 2. The maximum atomic E-state index is 13.1. The van der Waals surface area contributed by atoms with Crippen molar-refractivity contribution in [3.63, 3.8) is 0 Å². The van der Waals surface area contributed by atoms with Crippen molar-refractivity contribution in [2.45, 2.75) is 6.92 Å². The molecule has 2 amide bonds. The number of thioether (sulfide) groups is 1. The second kappa shape index (κ2) is 12.2. The number of carbonyl (C=O) groups is 2. The van der Waals surface area contributed by atoms with Crippen LogP contribution in [0, 0.1) is 6.92 Å². The molecule has 3 aromatic carbocycles. The zero-order valence-electron chi connectivity index (χ0n) is 20.1. The van der Waals surface area contributed by atoms with Crippen LogP contribution in [-0.4, -0.2) is 48.8 Å². The van der Waals surface area contributed by atoms with Gasteiger partial charge in [-0.2, -0.15) is 0 Å². The van der Waals surface area contributed by atoms with E-state index in [2.05, 4.69) is 10.3 Å². The van der Waals surface area contributed by atoms with Crippen LogP contribution in [0.2, 0.25) is 0 Å². The Kier molecular flexibility index (Phi) is 8.54. The highest BCUT2D eigenvalue weighted by Gasteiger charge is 2.33. The first-order chi connectivity index (χ1) is 17.5. The molecule has 0 saturated carbocycles. The zero-order chi connectivity index (χ0) is 25.3. The number of nitrogens with zero attached hydrogens (tertiary/aromatic N) is 2. The van der Waals surface area contributed by atoms with Gasteiger partial charge in [-0.3, -0.25) is 14.5 Å². The number of rotatable bonds is 9. The standard InChI is InChI=1S/C28H27N3O4S/c1-20-8-12-23(13-9-20)29-26(32)19-35-24-14-10-21(11-15-24)18-25-27(33)31(16-17-34-2)28(36-25)30-22-6-4-3-5-7-22/h3-15,18H,16-17,19H2,1-2H3,(H,29,32)/b25-18-,30-28-. The van der Waals surface area contributed by atoms with Crippen molar-refractivity contribution >= 4 is 46.2 Å². The largest absolute Gasteiger partial charge is 0.484 e. The van der Waals surface area contributed by atoms with Crippen LogP contribution in [0.5, 0.6) is 5.75 Å². The zero-order valence-corrected chi connectivity index (χ0v) is 21.0. The summed E-state index contributed by atoms with van der Waals surface area (Å²) in [5, 5.41) is 3.42. The number of aliphatic imine (C=N–C) groups is 1. The molecule has 7 nitrogen and oxygen atoms in total. The van der Waals surface area contributed by atoms with Gasteiger partial charge in [0.05, 0.1) is 23.7 Å². The second-order valence-corrected chi connectivity index (χ2v) is 9.07. The SMILES string of the molecule is COCCN1C(=O)/C(=C/c2ccc(OCC(=O)Nc3ccc(C)cc3)cc2)S/C1=N\c1ccccc1. The number of carbonyl (C=O) groups excluding carboxylic acids is 2. The number of methoxy groups -OCH3 is 1. The van der Waals surface area contributed by atoms with Crippen molar-refractivity contribution in [3.8, 4) is 5.75 Å². The van der Waals surface area contributed by atoms with Gasteiger partial charge in [0, 0.05) is 12.8 Å². The molecule has 1 aliphatic heterocycles. The van der Waals surface area contributed by atoms with E-state index in [-0.39, 0.29) is 18.4 Å². The second-order valence-electron chi connectivity index (χ2n) is 8.06. The summed E-state index contributed by atoms with van der Waals surface area (Å²) in [6, 6.07) is 24.4. The minimum absolute atomic E-state index is 0.101. The monoisotopic (exact) mass is 501 g/mol. The fourth-order valence-corrected chi connectivity index (χ4v) is 4.40. The van der Waals surface area contributed by atoms with Crippen molar-refractivity contribution in [1.29, 1.82) is 0 Å². The van der Waals surface area contributed by atoms with Crippen LogP contribution in [0.15, 0.2) is 88.8 Å². The molecule has 1 aliphatic rings. The third-order valence-corrected chi connectivity index (χ3v) is 6.28. The predicted octanol–water partition coefficient (Wildman–Crippen LogP) is 5.26. The molecule has 0 radical (unpaired) electrons. The molecule has 0 unspecified atom stereocenters. The number of hydrogen-bond donors (Lipinski definition) is 1. The van der Waals surface area contributed by atoms with Crippen LogP contribution in [0.3, 0.4) is 0 Å². The van der Waals surface area contributed by atoms with Crippen LogP contribution in [0.25, 0.3) is 6.08 Å². The minimum Gasteiger partial charge on any atom is -0.484 e. The maximum Gasteiger partial charge on any atom is 0.266 e. The van der Waals surface area contributed by atoms with Gasteiger partial charge in [0.25, 0.3) is 11.8 Å². The molecule has 1 saturated heterocycles. The third-order valence-electron chi connectivity index (χ3n) is 5.27. The highest BCUT2D eigenvalue weighted by Crippen LogP contribution is 2.34. The first-order valence-electron chi connectivity index (χ1n) is 11.5. The lowest BCUT2D eigenvalue weighted by molar-refractivity contribution is -0.122. The van der Waals surface area contributed by atoms with Crippen LogP contribution in [0.1, 0.15) is 11.1 Å². The molecule has 1 N–H and O–H groups in total. The van der Waals surface area contributed by atoms with E-state index in [1.165, 1.54) is 11.8 Å². The number of nitrogens with one attached hydrogen (secondary N) is 1. The molecule has 4 rings (SSSR count). The van der Waals surface area contributed by atoms with Crippen molar-refractivity contribution in [2.75, 3.05) is 32.2 Å².